The Kier molecular flexibility index (Phi) is 10.1. The average Bonchev–Trinajstić information content (AvgIpc) is 2.52. The zero-order valence-corrected chi connectivity index (χ0v) is 16.2. The van der Waals surface area contributed by atoms with Gasteiger partial charge in [-0.2, -0.15) is 0 Å². The number of carbonyl (C=O) groups excluding carboxylic acids is 2. The molecule has 4 nitrogen and oxygen atoms in total. The van der Waals surface area contributed by atoms with Crippen molar-refractivity contribution in [1.82, 2.24) is 10.6 Å². The Bertz CT molecular complexity index is 488. The standard InChI is InChI=1S/C18H27IN2O2/c1-14(22)17(20-2)7-3-4-13-21-18(23)8-5-6-15-9-11-16(19)12-10-15/h9-12,17,20H,3-8,13H2,1-2H3,(H,21,23). The van der Waals surface area contributed by atoms with Crippen LogP contribution in [0.4, 0.5) is 0 Å². The number of rotatable bonds is 11. The molecular formula is C18H27IN2O2. The summed E-state index contributed by atoms with van der Waals surface area (Å²) < 4.78 is 1.23. The zero-order valence-electron chi connectivity index (χ0n) is 14.0. The zero-order chi connectivity index (χ0) is 17.1. The molecular weight excluding hydrogens is 403 g/mol. The fourth-order valence-electron chi connectivity index (χ4n) is 2.44. The van der Waals surface area contributed by atoms with Gasteiger partial charge in [-0.05, 0) is 86.4 Å². The van der Waals surface area contributed by atoms with Crippen LogP contribution in [0, 0.1) is 3.57 Å². The third-order valence-corrected chi connectivity index (χ3v) is 4.58. The number of carbonyl (C=O) groups is 2. The van der Waals surface area contributed by atoms with E-state index in [2.05, 4.69) is 57.5 Å². The number of amides is 1. The van der Waals surface area contributed by atoms with Crippen LogP contribution in [-0.4, -0.2) is 31.3 Å². The van der Waals surface area contributed by atoms with Gasteiger partial charge in [0.15, 0.2) is 0 Å². The molecule has 1 atom stereocenters. The van der Waals surface area contributed by atoms with Crippen molar-refractivity contribution in [2.45, 2.75) is 51.5 Å². The van der Waals surface area contributed by atoms with Gasteiger partial charge in [-0.15, -0.1) is 0 Å². The molecule has 1 amide bonds. The first-order valence-electron chi connectivity index (χ1n) is 8.21. The van der Waals surface area contributed by atoms with Crippen molar-refractivity contribution in [2.24, 2.45) is 0 Å². The largest absolute Gasteiger partial charge is 0.356 e. The van der Waals surface area contributed by atoms with Crippen LogP contribution in [0.5, 0.6) is 0 Å². The maximum atomic E-state index is 11.8. The minimum atomic E-state index is -0.0559. The first-order valence-corrected chi connectivity index (χ1v) is 9.29. The molecule has 1 rings (SSSR count). The summed E-state index contributed by atoms with van der Waals surface area (Å²) in [5, 5.41) is 5.96. The van der Waals surface area contributed by atoms with Gasteiger partial charge in [0.25, 0.3) is 0 Å². The van der Waals surface area contributed by atoms with E-state index >= 15 is 0 Å². The molecule has 0 saturated heterocycles. The van der Waals surface area contributed by atoms with Crippen LogP contribution in [0.3, 0.4) is 0 Å². The normalized spacial score (nSPS) is 12.0. The number of nitrogens with one attached hydrogen (secondary N) is 2. The predicted molar refractivity (Wildman–Crippen MR) is 102 cm³/mol. The molecule has 1 aromatic rings. The number of unbranched alkanes of at least 4 members (excludes halogenated alkanes) is 1. The highest BCUT2D eigenvalue weighted by atomic mass is 127. The Morgan fingerprint density at radius 2 is 1.83 bits per heavy atom. The fourth-order valence-corrected chi connectivity index (χ4v) is 2.80. The van der Waals surface area contributed by atoms with Gasteiger partial charge in [-0.3, -0.25) is 9.59 Å². The number of aryl methyl sites for hydroxylation is 1. The molecule has 0 saturated carbocycles. The highest BCUT2D eigenvalue weighted by molar-refractivity contribution is 14.1. The van der Waals surface area contributed by atoms with Gasteiger partial charge in [-0.1, -0.05) is 12.1 Å². The van der Waals surface area contributed by atoms with Crippen molar-refractivity contribution in [3.8, 4) is 0 Å². The molecule has 128 valence electrons. The summed E-state index contributed by atoms with van der Waals surface area (Å²) in [4.78, 5) is 23.0. The van der Waals surface area contributed by atoms with Crippen molar-refractivity contribution in [3.05, 3.63) is 33.4 Å². The molecule has 0 aliphatic heterocycles. The molecule has 1 unspecified atom stereocenters. The lowest BCUT2D eigenvalue weighted by atomic mass is 10.1. The Labute approximate surface area is 152 Å². The third-order valence-electron chi connectivity index (χ3n) is 3.86. The topological polar surface area (TPSA) is 58.2 Å². The minimum Gasteiger partial charge on any atom is -0.356 e. The van der Waals surface area contributed by atoms with E-state index in [1.165, 1.54) is 9.13 Å². The quantitative estimate of drug-likeness (QED) is 0.419. The van der Waals surface area contributed by atoms with Crippen LogP contribution in [-0.2, 0) is 16.0 Å². The smallest absolute Gasteiger partial charge is 0.220 e. The average molecular weight is 430 g/mol. The second-order valence-corrected chi connectivity index (χ2v) is 7.02. The SMILES string of the molecule is CNC(CCCCNC(=O)CCCc1ccc(I)cc1)C(C)=O. The molecule has 1 aromatic carbocycles. The monoisotopic (exact) mass is 430 g/mol. The van der Waals surface area contributed by atoms with E-state index in [1.807, 2.05) is 7.05 Å². The van der Waals surface area contributed by atoms with Gasteiger partial charge in [-0.25, -0.2) is 0 Å². The molecule has 0 fully saturated rings. The van der Waals surface area contributed by atoms with Gasteiger partial charge in [0.2, 0.25) is 5.91 Å². The maximum absolute atomic E-state index is 11.8. The first kappa shape index (κ1) is 20.1. The number of hydrogen-bond donors (Lipinski definition) is 2. The molecule has 0 bridgehead atoms. The summed E-state index contributed by atoms with van der Waals surface area (Å²) in [6, 6.07) is 8.37. The summed E-state index contributed by atoms with van der Waals surface area (Å²) in [6.07, 6.45) is 5.06. The van der Waals surface area contributed by atoms with Crippen LogP contribution in [0.15, 0.2) is 24.3 Å². The van der Waals surface area contributed by atoms with E-state index in [0.29, 0.717) is 13.0 Å². The Morgan fingerprint density at radius 1 is 1.13 bits per heavy atom. The van der Waals surface area contributed by atoms with Gasteiger partial charge < -0.3 is 10.6 Å². The maximum Gasteiger partial charge on any atom is 0.220 e. The highest BCUT2D eigenvalue weighted by Gasteiger charge is 2.10. The number of likely N-dealkylation sites (N-methyl/N-ethyl adjacent to an activating group) is 1. The summed E-state index contributed by atoms with van der Waals surface area (Å²) in [6.45, 7) is 2.30. The van der Waals surface area contributed by atoms with Crippen LogP contribution < -0.4 is 10.6 Å². The Balaban J connectivity index is 2.06. The Hall–Kier alpha value is -0.950. The molecule has 0 spiro atoms. The van der Waals surface area contributed by atoms with E-state index in [-0.39, 0.29) is 17.7 Å². The second kappa shape index (κ2) is 11.6. The molecule has 0 aliphatic carbocycles. The van der Waals surface area contributed by atoms with Crippen molar-refractivity contribution < 1.29 is 9.59 Å². The van der Waals surface area contributed by atoms with E-state index in [4.69, 9.17) is 0 Å². The van der Waals surface area contributed by atoms with Crippen LogP contribution in [0.1, 0.15) is 44.6 Å². The summed E-state index contributed by atoms with van der Waals surface area (Å²) >= 11 is 2.29. The number of benzene rings is 1. The van der Waals surface area contributed by atoms with Gasteiger partial charge in [0.05, 0.1) is 6.04 Å². The summed E-state index contributed by atoms with van der Waals surface area (Å²) in [5.41, 5.74) is 1.28. The van der Waals surface area contributed by atoms with Crippen molar-refractivity contribution in [3.63, 3.8) is 0 Å². The predicted octanol–water partition coefficient (Wildman–Crippen LogP) is 3.08. The van der Waals surface area contributed by atoms with E-state index in [9.17, 15) is 9.59 Å². The van der Waals surface area contributed by atoms with Crippen molar-refractivity contribution in [1.29, 1.82) is 0 Å². The van der Waals surface area contributed by atoms with Gasteiger partial charge in [0, 0.05) is 16.5 Å². The molecule has 0 radical (unpaired) electrons. The van der Waals surface area contributed by atoms with Gasteiger partial charge in [0.1, 0.15) is 5.78 Å². The lowest BCUT2D eigenvalue weighted by molar-refractivity contribution is -0.121. The molecule has 0 aliphatic rings. The van der Waals surface area contributed by atoms with Gasteiger partial charge >= 0.3 is 0 Å². The fraction of sp³-hybridized carbons (Fsp3) is 0.556. The van der Waals surface area contributed by atoms with Crippen molar-refractivity contribution in [2.75, 3.05) is 13.6 Å². The Morgan fingerprint density at radius 3 is 2.43 bits per heavy atom. The van der Waals surface area contributed by atoms with E-state index < -0.39 is 0 Å². The first-order chi connectivity index (χ1) is 11.0. The minimum absolute atomic E-state index is 0.0559. The third kappa shape index (κ3) is 9.05. The highest BCUT2D eigenvalue weighted by Crippen LogP contribution is 2.09. The second-order valence-electron chi connectivity index (χ2n) is 5.78. The molecule has 5 heteroatoms. The van der Waals surface area contributed by atoms with Crippen LogP contribution >= 0.6 is 22.6 Å². The van der Waals surface area contributed by atoms with Crippen LogP contribution in [0.25, 0.3) is 0 Å². The molecule has 0 aromatic heterocycles. The van der Waals surface area contributed by atoms with Crippen LogP contribution in [0.2, 0.25) is 0 Å². The number of hydrogen-bond acceptors (Lipinski definition) is 3. The molecule has 2 N–H and O–H groups in total. The summed E-state index contributed by atoms with van der Waals surface area (Å²) in [5.74, 6) is 0.291. The molecule has 0 heterocycles. The van der Waals surface area contributed by atoms with E-state index in [1.54, 1.807) is 6.92 Å². The lowest BCUT2D eigenvalue weighted by Crippen LogP contribution is -2.32. The number of ketones is 1. The van der Waals surface area contributed by atoms with Crippen molar-refractivity contribution >= 4 is 34.3 Å². The summed E-state index contributed by atoms with van der Waals surface area (Å²) in [7, 11) is 1.81. The number of Topliss-reactive ketones (excluding diaryl/α,β-unsaturated/α-hetero) is 1. The molecule has 23 heavy (non-hydrogen) atoms. The van der Waals surface area contributed by atoms with E-state index in [0.717, 1.165) is 32.1 Å². The number of halogens is 1. The lowest BCUT2D eigenvalue weighted by Gasteiger charge is -2.12.